The molecule has 1 aliphatic heterocycles. The second kappa shape index (κ2) is 7.14. The van der Waals surface area contributed by atoms with Crippen molar-refractivity contribution in [3.8, 4) is 0 Å². The number of morpholine rings is 1. The van der Waals surface area contributed by atoms with E-state index in [9.17, 15) is 4.79 Å². The maximum atomic E-state index is 12.8. The van der Waals surface area contributed by atoms with Crippen molar-refractivity contribution in [2.75, 3.05) is 18.8 Å². The molecule has 4 rings (SSSR count). The van der Waals surface area contributed by atoms with Crippen molar-refractivity contribution >= 4 is 22.4 Å². The van der Waals surface area contributed by atoms with Gasteiger partial charge in [0.1, 0.15) is 6.10 Å². The van der Waals surface area contributed by atoms with E-state index in [1.165, 1.54) is 24.2 Å². The molecule has 5 nitrogen and oxygen atoms in total. The van der Waals surface area contributed by atoms with Crippen molar-refractivity contribution in [1.29, 1.82) is 0 Å². The van der Waals surface area contributed by atoms with Gasteiger partial charge in [0.25, 0.3) is 0 Å². The number of carbonyl (C=O) groups excluding carboxylic acids is 1. The molecule has 0 unspecified atom stereocenters. The molecule has 0 radical (unpaired) electrons. The van der Waals surface area contributed by atoms with E-state index >= 15 is 0 Å². The van der Waals surface area contributed by atoms with E-state index in [0.717, 1.165) is 11.3 Å². The lowest BCUT2D eigenvalue weighted by Gasteiger charge is -2.38. The van der Waals surface area contributed by atoms with Gasteiger partial charge in [-0.1, -0.05) is 30.3 Å². The van der Waals surface area contributed by atoms with Crippen molar-refractivity contribution in [1.82, 2.24) is 9.88 Å². The predicted octanol–water partition coefficient (Wildman–Crippen LogP) is 3.04. The number of carbonyl (C=O) groups is 1. The van der Waals surface area contributed by atoms with E-state index < -0.39 is 0 Å². The monoisotopic (exact) mass is 357 g/mol. The van der Waals surface area contributed by atoms with Crippen molar-refractivity contribution in [2.45, 2.75) is 37.9 Å². The minimum absolute atomic E-state index is 0.0283. The first-order valence-corrected chi connectivity index (χ1v) is 9.75. The minimum Gasteiger partial charge on any atom is -0.375 e. The molecule has 2 heterocycles. The number of ether oxygens (including phenoxy) is 1. The van der Waals surface area contributed by atoms with Gasteiger partial charge in [-0.15, -0.1) is 11.3 Å². The van der Waals surface area contributed by atoms with Crippen molar-refractivity contribution in [3.05, 3.63) is 47.0 Å². The van der Waals surface area contributed by atoms with Crippen LogP contribution in [0, 0.1) is 5.92 Å². The van der Waals surface area contributed by atoms with Gasteiger partial charge in [-0.3, -0.25) is 4.79 Å². The first-order valence-electron chi connectivity index (χ1n) is 8.87. The van der Waals surface area contributed by atoms with Crippen LogP contribution in [0.5, 0.6) is 0 Å². The van der Waals surface area contributed by atoms with Gasteiger partial charge in [0.2, 0.25) is 5.91 Å². The van der Waals surface area contributed by atoms with Crippen LogP contribution in [0.3, 0.4) is 0 Å². The van der Waals surface area contributed by atoms with Crippen molar-refractivity contribution in [3.63, 3.8) is 0 Å². The van der Waals surface area contributed by atoms with Crippen molar-refractivity contribution in [2.24, 2.45) is 5.92 Å². The van der Waals surface area contributed by atoms with Crippen LogP contribution >= 0.6 is 11.3 Å². The SMILES string of the molecule is Nc1nc(CCC(=O)N2C[C@@H](c3ccccc3)O[C@@H](C3CC3)C2)cs1. The number of anilines is 1. The van der Waals surface area contributed by atoms with Crippen LogP contribution in [-0.4, -0.2) is 35.0 Å². The normalized spacial score (nSPS) is 23.6. The lowest BCUT2D eigenvalue weighted by molar-refractivity contribution is -0.148. The summed E-state index contributed by atoms with van der Waals surface area (Å²) in [5.74, 6) is 0.793. The third-order valence-corrected chi connectivity index (χ3v) is 5.68. The summed E-state index contributed by atoms with van der Waals surface area (Å²) >= 11 is 1.42. The highest BCUT2D eigenvalue weighted by Crippen LogP contribution is 2.39. The Balaban J connectivity index is 1.42. The van der Waals surface area contributed by atoms with Gasteiger partial charge in [0.05, 0.1) is 18.3 Å². The summed E-state index contributed by atoms with van der Waals surface area (Å²) in [6.07, 6.45) is 3.69. The van der Waals surface area contributed by atoms with Crippen LogP contribution in [0.25, 0.3) is 0 Å². The number of aromatic nitrogens is 1. The Kier molecular flexibility index (Phi) is 4.72. The fraction of sp³-hybridized carbons (Fsp3) is 0.474. The van der Waals surface area contributed by atoms with E-state index in [0.29, 0.717) is 37.0 Å². The summed E-state index contributed by atoms with van der Waals surface area (Å²) in [6.45, 7) is 1.34. The van der Waals surface area contributed by atoms with Crippen LogP contribution in [0.2, 0.25) is 0 Å². The quantitative estimate of drug-likeness (QED) is 0.893. The van der Waals surface area contributed by atoms with Gasteiger partial charge < -0.3 is 15.4 Å². The number of amides is 1. The number of aryl methyl sites for hydroxylation is 1. The molecule has 1 amide bonds. The molecule has 2 aromatic rings. The second-order valence-electron chi connectivity index (χ2n) is 6.89. The lowest BCUT2D eigenvalue weighted by atomic mass is 10.0. The number of nitrogens with two attached hydrogens (primary N) is 1. The maximum Gasteiger partial charge on any atom is 0.223 e. The second-order valence-corrected chi connectivity index (χ2v) is 7.78. The highest BCUT2D eigenvalue weighted by Gasteiger charge is 2.39. The van der Waals surface area contributed by atoms with Crippen LogP contribution in [0.1, 0.15) is 36.6 Å². The fourth-order valence-corrected chi connectivity index (χ4v) is 4.00. The molecule has 1 saturated heterocycles. The summed E-state index contributed by atoms with van der Waals surface area (Å²) < 4.78 is 6.32. The van der Waals surface area contributed by atoms with E-state index in [2.05, 4.69) is 17.1 Å². The molecule has 2 fully saturated rings. The Labute approximate surface area is 151 Å². The number of hydrogen-bond donors (Lipinski definition) is 1. The number of hydrogen-bond acceptors (Lipinski definition) is 5. The zero-order valence-electron chi connectivity index (χ0n) is 14.1. The molecule has 1 aromatic carbocycles. The highest BCUT2D eigenvalue weighted by atomic mass is 32.1. The average Bonchev–Trinajstić information content (AvgIpc) is 3.42. The van der Waals surface area contributed by atoms with Gasteiger partial charge in [-0.05, 0) is 30.7 Å². The van der Waals surface area contributed by atoms with Gasteiger partial charge in [-0.25, -0.2) is 4.98 Å². The smallest absolute Gasteiger partial charge is 0.223 e. The third kappa shape index (κ3) is 4.02. The molecule has 25 heavy (non-hydrogen) atoms. The largest absolute Gasteiger partial charge is 0.375 e. The average molecular weight is 357 g/mol. The van der Waals surface area contributed by atoms with E-state index in [1.807, 2.05) is 28.5 Å². The molecule has 132 valence electrons. The van der Waals surface area contributed by atoms with E-state index in [4.69, 9.17) is 10.5 Å². The molecular weight excluding hydrogens is 334 g/mol. The van der Waals surface area contributed by atoms with Crippen LogP contribution in [0.15, 0.2) is 35.7 Å². The maximum absolute atomic E-state index is 12.8. The Morgan fingerprint density at radius 3 is 2.76 bits per heavy atom. The van der Waals surface area contributed by atoms with Crippen LogP contribution < -0.4 is 5.73 Å². The third-order valence-electron chi connectivity index (χ3n) is 4.96. The number of rotatable bonds is 5. The van der Waals surface area contributed by atoms with Crippen LogP contribution in [-0.2, 0) is 16.0 Å². The predicted molar refractivity (Wildman–Crippen MR) is 98.2 cm³/mol. The van der Waals surface area contributed by atoms with Crippen LogP contribution in [0.4, 0.5) is 5.13 Å². The van der Waals surface area contributed by atoms with E-state index in [-0.39, 0.29) is 18.1 Å². The van der Waals surface area contributed by atoms with Gasteiger partial charge in [0.15, 0.2) is 5.13 Å². The standard InChI is InChI=1S/C19H23N3O2S/c20-19-21-15(12-25-19)8-9-18(23)22-10-16(13-4-2-1-3-5-13)24-17(11-22)14-6-7-14/h1-5,12,14,16-17H,6-11H2,(H2,20,21)/t16-,17+/m0/s1. The number of nitrogens with zero attached hydrogens (tertiary/aromatic N) is 2. The number of thiazole rings is 1. The first-order chi connectivity index (χ1) is 12.2. The fourth-order valence-electron chi connectivity index (χ4n) is 3.40. The van der Waals surface area contributed by atoms with Crippen molar-refractivity contribution < 1.29 is 9.53 Å². The topological polar surface area (TPSA) is 68.5 Å². The minimum atomic E-state index is -0.0283. The molecule has 2 atom stereocenters. The van der Waals surface area contributed by atoms with E-state index in [1.54, 1.807) is 0 Å². The Morgan fingerprint density at radius 1 is 1.28 bits per heavy atom. The highest BCUT2D eigenvalue weighted by molar-refractivity contribution is 7.13. The Hall–Kier alpha value is -1.92. The summed E-state index contributed by atoms with van der Waals surface area (Å²) in [6, 6.07) is 10.2. The zero-order chi connectivity index (χ0) is 17.2. The number of benzene rings is 1. The van der Waals surface area contributed by atoms with Gasteiger partial charge in [-0.2, -0.15) is 0 Å². The number of nitrogen functional groups attached to an aromatic ring is 1. The molecule has 1 aliphatic carbocycles. The van der Waals surface area contributed by atoms with Gasteiger partial charge in [0, 0.05) is 18.3 Å². The first kappa shape index (κ1) is 16.5. The molecule has 0 spiro atoms. The molecule has 2 aliphatic rings. The zero-order valence-corrected chi connectivity index (χ0v) is 15.0. The van der Waals surface area contributed by atoms with Gasteiger partial charge >= 0.3 is 0 Å². The molecule has 1 saturated carbocycles. The summed E-state index contributed by atoms with van der Waals surface area (Å²) in [7, 11) is 0. The molecule has 1 aromatic heterocycles. The summed E-state index contributed by atoms with van der Waals surface area (Å²) in [5, 5.41) is 2.49. The Bertz CT molecular complexity index is 729. The molecular formula is C19H23N3O2S. The molecule has 0 bridgehead atoms. The summed E-state index contributed by atoms with van der Waals surface area (Å²) in [5.41, 5.74) is 7.72. The lowest BCUT2D eigenvalue weighted by Crippen LogP contribution is -2.47. The molecule has 2 N–H and O–H groups in total. The molecule has 6 heteroatoms. The summed E-state index contributed by atoms with van der Waals surface area (Å²) in [4.78, 5) is 19.0. The Morgan fingerprint density at radius 2 is 2.08 bits per heavy atom.